The topological polar surface area (TPSA) is 95.9 Å². The second-order valence-corrected chi connectivity index (χ2v) is 9.41. The zero-order valence-electron chi connectivity index (χ0n) is 18.3. The summed E-state index contributed by atoms with van der Waals surface area (Å²) in [4.78, 5) is 38.9. The van der Waals surface area contributed by atoms with Gasteiger partial charge < -0.3 is 21.5 Å². The minimum absolute atomic E-state index is 0. The number of nitrogens with one attached hydrogen (secondary N) is 1. The molecule has 2 saturated heterocycles. The number of carbonyl (C=O) groups is 3. The van der Waals surface area contributed by atoms with Crippen LogP contribution in [0.2, 0.25) is 0 Å². The van der Waals surface area contributed by atoms with E-state index in [1.54, 1.807) is 19.9 Å². The maximum atomic E-state index is 13.2. The van der Waals surface area contributed by atoms with Crippen LogP contribution in [0.5, 0.6) is 5.75 Å². The van der Waals surface area contributed by atoms with E-state index in [0.717, 1.165) is 10.8 Å². The van der Waals surface area contributed by atoms with Gasteiger partial charge in [-0.1, -0.05) is 30.3 Å². The summed E-state index contributed by atoms with van der Waals surface area (Å²) < 4.78 is 5.02. The molecule has 0 aromatic heterocycles. The molecule has 2 fully saturated rings. The molecule has 2 heterocycles. The maximum Gasteiger partial charge on any atom is 1.00 e. The van der Waals surface area contributed by atoms with Gasteiger partial charge >= 0.3 is 57.4 Å². The number of β-lactam (4-membered cyclic amide) rings is 1. The quantitative estimate of drug-likeness (QED) is 0.472. The Morgan fingerprint density at radius 3 is 2.63 bits per heavy atom. The van der Waals surface area contributed by atoms with Crippen molar-refractivity contribution in [3.8, 4) is 5.75 Å². The van der Waals surface area contributed by atoms with Crippen molar-refractivity contribution in [2.75, 3.05) is 6.61 Å². The third kappa shape index (κ3) is 3.80. The van der Waals surface area contributed by atoms with Crippen LogP contribution in [0.1, 0.15) is 32.6 Å². The summed E-state index contributed by atoms with van der Waals surface area (Å²) in [5.41, 5.74) is 0.383. The molecule has 0 saturated carbocycles. The van der Waals surface area contributed by atoms with Crippen LogP contribution in [0.15, 0.2) is 36.4 Å². The van der Waals surface area contributed by atoms with Gasteiger partial charge in [0.2, 0.25) is 5.91 Å². The number of ether oxygens (including phenoxy) is 1. The molecular formula is C21H23KN2O5S. The average molecular weight is 455 g/mol. The van der Waals surface area contributed by atoms with Crippen molar-refractivity contribution >= 4 is 40.3 Å². The van der Waals surface area contributed by atoms with Gasteiger partial charge in [0, 0.05) is 4.75 Å². The number of nitrogens with zero attached hydrogens (tertiary/aromatic N) is 1. The number of benzene rings is 2. The number of hydrogen-bond acceptors (Lipinski definition) is 5. The van der Waals surface area contributed by atoms with E-state index >= 15 is 0 Å². The molecule has 2 N–H and O–H groups in total. The zero-order valence-corrected chi connectivity index (χ0v) is 21.3. The summed E-state index contributed by atoms with van der Waals surface area (Å²) >= 11 is 1.40. The zero-order chi connectivity index (χ0) is 20.9. The Morgan fingerprint density at radius 2 is 1.97 bits per heavy atom. The van der Waals surface area contributed by atoms with Crippen molar-refractivity contribution in [3.63, 3.8) is 0 Å². The third-order valence-corrected chi connectivity index (χ3v) is 6.95. The van der Waals surface area contributed by atoms with Gasteiger partial charge in [-0.3, -0.25) is 9.59 Å². The number of carboxylic acids is 1. The Bertz CT molecular complexity index is 1030. The van der Waals surface area contributed by atoms with Crippen LogP contribution in [0.3, 0.4) is 0 Å². The smallest absolute Gasteiger partial charge is 1.00 e. The van der Waals surface area contributed by atoms with E-state index in [1.165, 1.54) is 16.7 Å². The SMILES string of the molecule is CCOc1ccc2ccccc2c1C(=O)N[C@@H]1C(=O)N2[C@@H]1SC(C)(C)[C@@H]2C(=O)O.[H-].[K+]. The number of carboxylic acid groups (broad SMARTS) is 1. The Labute approximate surface area is 222 Å². The van der Waals surface area contributed by atoms with Crippen LogP contribution in [0, 0.1) is 0 Å². The molecule has 2 aromatic carbocycles. The number of amides is 2. The van der Waals surface area contributed by atoms with Crippen LogP contribution in [0.4, 0.5) is 0 Å². The monoisotopic (exact) mass is 454 g/mol. The minimum Gasteiger partial charge on any atom is -1.00 e. The second-order valence-electron chi connectivity index (χ2n) is 7.64. The number of hydrogen-bond donors (Lipinski definition) is 2. The molecule has 154 valence electrons. The molecule has 2 aliphatic heterocycles. The second kappa shape index (κ2) is 8.80. The van der Waals surface area contributed by atoms with Gasteiger partial charge in [-0.05, 0) is 37.6 Å². The Morgan fingerprint density at radius 1 is 1.27 bits per heavy atom. The van der Waals surface area contributed by atoms with Crippen LogP contribution >= 0.6 is 11.8 Å². The molecule has 0 unspecified atom stereocenters. The van der Waals surface area contributed by atoms with Crippen LogP contribution in [0.25, 0.3) is 10.8 Å². The average Bonchev–Trinajstić information content (AvgIpc) is 2.94. The Kier molecular flexibility index (Phi) is 6.91. The van der Waals surface area contributed by atoms with Gasteiger partial charge in [0.1, 0.15) is 23.2 Å². The summed E-state index contributed by atoms with van der Waals surface area (Å²) in [6.45, 7) is 5.85. The standard InChI is InChI=1S/C21H22N2O5S.K.H/c1-4-28-13-10-9-11-7-5-6-8-12(11)14(13)17(24)22-15-18(25)23-16(20(26)27)21(2,3)29-19(15)23;;/h5-10,15-16,19H,4H2,1-3H3,(H,22,24)(H,26,27);;/q;+1;-1/t15-,16+,19-;;/m1../s1. The first kappa shape index (κ1) is 23.6. The molecule has 7 nitrogen and oxygen atoms in total. The van der Waals surface area contributed by atoms with Gasteiger partial charge in [-0.25, -0.2) is 4.79 Å². The number of thioether (sulfide) groups is 1. The van der Waals surface area contributed by atoms with E-state index in [2.05, 4.69) is 5.32 Å². The van der Waals surface area contributed by atoms with E-state index in [9.17, 15) is 19.5 Å². The minimum atomic E-state index is -1.03. The molecule has 2 aromatic rings. The molecule has 0 radical (unpaired) electrons. The van der Waals surface area contributed by atoms with Crippen molar-refractivity contribution in [2.24, 2.45) is 0 Å². The summed E-state index contributed by atoms with van der Waals surface area (Å²) in [7, 11) is 0. The molecule has 2 amide bonds. The predicted octanol–water partition coefficient (Wildman–Crippen LogP) is -0.400. The van der Waals surface area contributed by atoms with Crippen molar-refractivity contribution in [3.05, 3.63) is 42.0 Å². The van der Waals surface area contributed by atoms with Crippen LogP contribution < -0.4 is 61.4 Å². The largest absolute Gasteiger partial charge is 1.00 e. The molecule has 9 heteroatoms. The van der Waals surface area contributed by atoms with Crippen molar-refractivity contribution in [1.29, 1.82) is 0 Å². The summed E-state index contributed by atoms with van der Waals surface area (Å²) in [6.07, 6.45) is 0. The van der Waals surface area contributed by atoms with E-state index in [0.29, 0.717) is 17.9 Å². The fourth-order valence-electron chi connectivity index (χ4n) is 4.12. The molecule has 3 atom stereocenters. The maximum absolute atomic E-state index is 13.2. The first-order valence-corrected chi connectivity index (χ1v) is 10.3. The van der Waals surface area contributed by atoms with Crippen LogP contribution in [-0.2, 0) is 9.59 Å². The first-order valence-electron chi connectivity index (χ1n) is 9.44. The Balaban J connectivity index is 0.00000171. The molecule has 2 aliphatic rings. The number of rotatable bonds is 5. The van der Waals surface area contributed by atoms with E-state index < -0.39 is 34.1 Å². The summed E-state index contributed by atoms with van der Waals surface area (Å²) in [5.74, 6) is -1.35. The molecule has 0 bridgehead atoms. The van der Waals surface area contributed by atoms with Gasteiger partial charge in [0.05, 0.1) is 12.2 Å². The van der Waals surface area contributed by atoms with Crippen molar-refractivity contribution < 1.29 is 77.0 Å². The van der Waals surface area contributed by atoms with Gasteiger partial charge in [-0.15, -0.1) is 11.8 Å². The van der Waals surface area contributed by atoms with Gasteiger partial charge in [0.15, 0.2) is 0 Å². The molecule has 30 heavy (non-hydrogen) atoms. The van der Waals surface area contributed by atoms with Gasteiger partial charge in [0.25, 0.3) is 5.91 Å². The van der Waals surface area contributed by atoms with Gasteiger partial charge in [-0.2, -0.15) is 0 Å². The van der Waals surface area contributed by atoms with Crippen LogP contribution in [-0.4, -0.2) is 56.6 Å². The third-order valence-electron chi connectivity index (χ3n) is 5.38. The number of carbonyl (C=O) groups excluding carboxylic acids is 2. The number of fused-ring (bicyclic) bond motifs is 2. The fraction of sp³-hybridized carbons (Fsp3) is 0.381. The normalized spacial score (nSPS) is 23.9. The first-order chi connectivity index (χ1) is 13.8. The summed E-state index contributed by atoms with van der Waals surface area (Å²) in [6, 6.07) is 9.46. The molecule has 4 rings (SSSR count). The Hall–Kier alpha value is -1.10. The summed E-state index contributed by atoms with van der Waals surface area (Å²) in [5, 5.41) is 13.6. The molecule has 0 spiro atoms. The van der Waals surface area contributed by atoms with Crippen molar-refractivity contribution in [2.45, 2.75) is 43.0 Å². The fourth-order valence-corrected chi connectivity index (χ4v) is 5.75. The molecule has 0 aliphatic carbocycles. The molecular weight excluding hydrogens is 431 g/mol. The van der Waals surface area contributed by atoms with E-state index in [1.807, 2.05) is 37.3 Å². The van der Waals surface area contributed by atoms with E-state index in [4.69, 9.17) is 4.74 Å². The predicted molar refractivity (Wildman–Crippen MR) is 111 cm³/mol. The van der Waals surface area contributed by atoms with E-state index in [-0.39, 0.29) is 58.7 Å². The number of aliphatic carboxylic acids is 1. The van der Waals surface area contributed by atoms with Crippen molar-refractivity contribution in [1.82, 2.24) is 10.2 Å².